The van der Waals surface area contributed by atoms with Gasteiger partial charge >= 0.3 is 35.7 Å². The first-order valence-electron chi connectivity index (χ1n) is 12.4. The van der Waals surface area contributed by atoms with Crippen LogP contribution in [0.25, 0.3) is 11.0 Å². The fraction of sp³-hybridized carbons (Fsp3) is 0.296. The van der Waals surface area contributed by atoms with E-state index in [2.05, 4.69) is 9.97 Å². The van der Waals surface area contributed by atoms with Crippen molar-refractivity contribution in [1.29, 1.82) is 0 Å². The van der Waals surface area contributed by atoms with Crippen LogP contribution in [0.3, 0.4) is 0 Å². The Morgan fingerprint density at radius 2 is 1.74 bits per heavy atom. The Morgan fingerprint density at radius 3 is 2.35 bits per heavy atom. The molecule has 0 saturated carbocycles. The smallest absolute Gasteiger partial charge is 0.546 e. The average molecular weight is 648 g/mol. The number of hydrogen-bond donors (Lipinski definition) is 0. The van der Waals surface area contributed by atoms with Crippen molar-refractivity contribution in [3.8, 4) is 11.5 Å². The number of rotatable bonds is 11. The van der Waals surface area contributed by atoms with E-state index < -0.39 is 46.2 Å². The van der Waals surface area contributed by atoms with E-state index in [1.807, 2.05) is 0 Å². The van der Waals surface area contributed by atoms with E-state index in [1.165, 1.54) is 44.3 Å². The van der Waals surface area contributed by atoms with Crippen molar-refractivity contribution in [2.45, 2.75) is 49.2 Å². The number of aryl methyl sites for hydroxylation is 2. The number of fused-ring (bicyclic) bond motifs is 1. The zero-order chi connectivity index (χ0) is 30.8. The summed E-state index contributed by atoms with van der Waals surface area (Å²) in [5.74, 6) is -1.74. The first kappa shape index (κ1) is 34.5. The quantitative estimate of drug-likeness (QED) is 0.209. The zero-order valence-corrected chi connectivity index (χ0v) is 27.2. The summed E-state index contributed by atoms with van der Waals surface area (Å²) in [7, 11) is -6.57. The molecule has 0 fully saturated rings. The van der Waals surface area contributed by atoms with E-state index in [9.17, 15) is 35.7 Å². The SMILES string of the molecule is CCc1c(OCC(F)(F)F)ccnc1CS(=O)c1nc2ccccc2n1S(=O)(=O)c1c(C)cc(OCC(=O)[O-])cc1C.[Na+]. The maximum atomic E-state index is 14.2. The number of carbonyl (C=O) groups excluding carboxylic acids is 1. The van der Waals surface area contributed by atoms with Crippen molar-refractivity contribution in [3.05, 3.63) is 71.0 Å². The van der Waals surface area contributed by atoms with Crippen molar-refractivity contribution in [3.63, 3.8) is 0 Å². The van der Waals surface area contributed by atoms with E-state index in [4.69, 9.17) is 9.47 Å². The Kier molecular flexibility index (Phi) is 11.0. The van der Waals surface area contributed by atoms with Crippen molar-refractivity contribution in [1.82, 2.24) is 13.9 Å². The molecule has 0 aliphatic rings. The number of ether oxygens (including phenoxy) is 2. The number of halogens is 3. The Hall–Kier alpha value is -2.98. The Morgan fingerprint density at radius 1 is 1.09 bits per heavy atom. The first-order valence-corrected chi connectivity index (χ1v) is 15.2. The number of carbonyl (C=O) groups is 1. The number of hydrogen-bond acceptors (Lipinski definition) is 9. The second-order valence-corrected chi connectivity index (χ2v) is 12.2. The molecular weight excluding hydrogens is 622 g/mol. The Balaban J connectivity index is 0.00000506. The normalized spacial score (nSPS) is 12.5. The van der Waals surface area contributed by atoms with Crippen molar-refractivity contribution >= 4 is 37.8 Å². The molecule has 10 nitrogen and oxygen atoms in total. The second kappa shape index (κ2) is 13.8. The van der Waals surface area contributed by atoms with E-state index in [0.29, 0.717) is 5.56 Å². The van der Waals surface area contributed by atoms with E-state index in [0.717, 1.165) is 3.97 Å². The second-order valence-electron chi connectivity index (χ2n) is 9.18. The molecule has 0 saturated heterocycles. The van der Waals surface area contributed by atoms with E-state index >= 15 is 0 Å². The summed E-state index contributed by atoms with van der Waals surface area (Å²) in [6, 6.07) is 10.3. The fourth-order valence-corrected chi connectivity index (χ4v) is 7.92. The van der Waals surface area contributed by atoms with E-state index in [1.54, 1.807) is 25.1 Å². The van der Waals surface area contributed by atoms with Crippen LogP contribution >= 0.6 is 0 Å². The van der Waals surface area contributed by atoms with Crippen molar-refractivity contribution in [2.24, 2.45) is 0 Å². The minimum Gasteiger partial charge on any atom is -0.546 e. The topological polar surface area (TPSA) is 141 Å². The summed E-state index contributed by atoms with van der Waals surface area (Å²) in [4.78, 5) is 19.2. The van der Waals surface area contributed by atoms with Crippen LogP contribution in [0.4, 0.5) is 13.2 Å². The van der Waals surface area contributed by atoms with Gasteiger partial charge in [-0.15, -0.1) is 0 Å². The molecule has 16 heteroatoms. The molecular formula is C27H25F3N3NaO7S2. The van der Waals surface area contributed by atoms with Gasteiger partial charge in [0.25, 0.3) is 10.0 Å². The van der Waals surface area contributed by atoms with E-state index in [-0.39, 0.29) is 91.1 Å². The van der Waals surface area contributed by atoms with Gasteiger partial charge in [0.15, 0.2) is 6.61 Å². The van der Waals surface area contributed by atoms with Gasteiger partial charge < -0.3 is 19.4 Å². The van der Waals surface area contributed by atoms with Gasteiger partial charge in [0.1, 0.15) is 18.1 Å². The molecule has 0 spiro atoms. The number of carboxylic acids is 1. The standard InChI is InChI=1S/C27H26F3N3O7S2.Na/c1-4-19-21(31-10-9-23(19)40-15-27(28,29)30)14-41(36)26-32-20-7-5-6-8-22(20)33(26)42(37,38)25-16(2)11-18(12-17(25)3)39-13-24(34)35;/h5-12H,4,13-15H2,1-3H3,(H,34,35);/q;+1/p-1. The van der Waals surface area contributed by atoms with Gasteiger partial charge in [-0.05, 0) is 61.7 Å². The predicted molar refractivity (Wildman–Crippen MR) is 144 cm³/mol. The molecule has 1 atom stereocenters. The molecule has 0 bridgehead atoms. The van der Waals surface area contributed by atoms with Crippen LogP contribution in [0.15, 0.2) is 58.7 Å². The molecule has 0 aliphatic heterocycles. The van der Waals surface area contributed by atoms with Crippen LogP contribution < -0.4 is 44.1 Å². The molecule has 43 heavy (non-hydrogen) atoms. The number of aromatic nitrogens is 3. The van der Waals surface area contributed by atoms with Gasteiger partial charge in [0.2, 0.25) is 5.16 Å². The molecule has 4 aromatic rings. The third-order valence-electron chi connectivity index (χ3n) is 6.10. The molecule has 4 rings (SSSR count). The third-order valence-corrected chi connectivity index (χ3v) is 9.44. The first-order chi connectivity index (χ1) is 19.7. The fourth-order valence-electron chi connectivity index (χ4n) is 4.49. The van der Waals surface area contributed by atoms with Crippen LogP contribution in [0.1, 0.15) is 29.3 Å². The van der Waals surface area contributed by atoms with Gasteiger partial charge in [0.05, 0.1) is 44.1 Å². The molecule has 224 valence electrons. The van der Waals surface area contributed by atoms with Crippen molar-refractivity contribution < 1.29 is 74.7 Å². The van der Waals surface area contributed by atoms with Gasteiger partial charge in [-0.25, -0.2) is 17.4 Å². The number of benzene rings is 2. The summed E-state index contributed by atoms with van der Waals surface area (Å²) >= 11 is 0. The average Bonchev–Trinajstić information content (AvgIpc) is 3.31. The summed E-state index contributed by atoms with van der Waals surface area (Å²) in [6.07, 6.45) is -3.12. The summed E-state index contributed by atoms with van der Waals surface area (Å²) < 4.78 is 91.4. The molecule has 1 unspecified atom stereocenters. The number of alkyl halides is 3. The van der Waals surface area contributed by atoms with Gasteiger partial charge in [-0.2, -0.15) is 13.2 Å². The molecule has 2 heterocycles. The monoisotopic (exact) mass is 647 g/mol. The maximum absolute atomic E-state index is 14.2. The maximum Gasteiger partial charge on any atom is 1.00 e. The van der Waals surface area contributed by atoms with Crippen LogP contribution in [-0.2, 0) is 37.8 Å². The van der Waals surface area contributed by atoms with Gasteiger partial charge in [0, 0.05) is 11.8 Å². The molecule has 2 aromatic carbocycles. The van der Waals surface area contributed by atoms with Crippen LogP contribution in [0.2, 0.25) is 0 Å². The van der Waals surface area contributed by atoms with Crippen LogP contribution in [-0.4, -0.2) is 51.9 Å². The number of aliphatic carboxylic acids is 1. The summed E-state index contributed by atoms with van der Waals surface area (Å²) in [5.41, 5.74) is 1.36. The van der Waals surface area contributed by atoms with Crippen molar-refractivity contribution in [2.75, 3.05) is 13.2 Å². The number of nitrogens with zero attached hydrogens (tertiary/aromatic N) is 3. The third kappa shape index (κ3) is 7.76. The molecule has 2 aromatic heterocycles. The number of para-hydroxylation sites is 2. The molecule has 0 aliphatic carbocycles. The molecule has 0 amide bonds. The number of imidazole rings is 1. The predicted octanol–water partition coefficient (Wildman–Crippen LogP) is 0.229. The largest absolute Gasteiger partial charge is 1.00 e. The summed E-state index contributed by atoms with van der Waals surface area (Å²) in [6.45, 7) is 2.44. The Bertz CT molecular complexity index is 1770. The zero-order valence-electron chi connectivity index (χ0n) is 23.6. The minimum atomic E-state index is -4.56. The minimum absolute atomic E-state index is 0. The Labute approximate surface area is 270 Å². The van der Waals surface area contributed by atoms with Gasteiger partial charge in [-0.1, -0.05) is 19.1 Å². The van der Waals surface area contributed by atoms with Crippen LogP contribution in [0.5, 0.6) is 11.5 Å². The van der Waals surface area contributed by atoms with Gasteiger partial charge in [-0.3, -0.25) is 9.19 Å². The summed E-state index contributed by atoms with van der Waals surface area (Å²) in [5, 5.41) is 10.5. The number of pyridine rings is 1. The molecule has 0 N–H and O–H groups in total. The molecule has 0 radical (unpaired) electrons. The van der Waals surface area contributed by atoms with Crippen LogP contribution in [0, 0.1) is 13.8 Å². The number of carboxylic acid groups (broad SMARTS) is 1.